The molecule has 5 heteroatoms. The van der Waals surface area contributed by atoms with Crippen molar-refractivity contribution in [2.24, 2.45) is 0 Å². The zero-order valence-electron chi connectivity index (χ0n) is 10.5. The van der Waals surface area contributed by atoms with E-state index < -0.39 is 6.29 Å². The molecule has 0 atom stereocenters. The Bertz CT molecular complexity index is 598. The second-order valence-electron chi connectivity index (χ2n) is 4.47. The predicted octanol–water partition coefficient (Wildman–Crippen LogP) is 4.52. The molecule has 2 nitrogen and oxygen atoms in total. The Labute approximate surface area is 136 Å². The highest BCUT2D eigenvalue weighted by Gasteiger charge is 2.13. The van der Waals surface area contributed by atoms with Crippen molar-refractivity contribution in [3.8, 4) is 0 Å². The van der Waals surface area contributed by atoms with Crippen LogP contribution in [0.15, 0.2) is 40.9 Å². The van der Waals surface area contributed by atoms with Crippen LogP contribution in [0.4, 0.5) is 0 Å². The van der Waals surface area contributed by atoms with Crippen LogP contribution in [0.2, 0.25) is 10.0 Å². The molecule has 0 aliphatic carbocycles. The summed E-state index contributed by atoms with van der Waals surface area (Å²) in [7, 11) is 0. The Kier molecular flexibility index (Phi) is 5.47. The predicted molar refractivity (Wildman–Crippen MR) is 85.2 cm³/mol. The van der Waals surface area contributed by atoms with Gasteiger partial charge in [-0.05, 0) is 48.2 Å². The van der Waals surface area contributed by atoms with Gasteiger partial charge in [-0.15, -0.1) is 0 Å². The Morgan fingerprint density at radius 1 is 0.950 bits per heavy atom. The van der Waals surface area contributed by atoms with Gasteiger partial charge in [0.15, 0.2) is 6.29 Å². The van der Waals surface area contributed by atoms with Gasteiger partial charge in [-0.2, -0.15) is 0 Å². The monoisotopic (exact) mass is 374 g/mol. The van der Waals surface area contributed by atoms with Crippen molar-refractivity contribution in [2.75, 3.05) is 0 Å². The van der Waals surface area contributed by atoms with E-state index >= 15 is 0 Å². The van der Waals surface area contributed by atoms with Gasteiger partial charge in [0.25, 0.3) is 0 Å². The van der Waals surface area contributed by atoms with Crippen molar-refractivity contribution < 1.29 is 10.2 Å². The van der Waals surface area contributed by atoms with Crippen molar-refractivity contribution in [1.29, 1.82) is 0 Å². The molecule has 0 saturated heterocycles. The number of aryl methyl sites for hydroxylation is 2. The first-order valence-corrected chi connectivity index (χ1v) is 7.60. The van der Waals surface area contributed by atoms with E-state index in [-0.39, 0.29) is 0 Å². The van der Waals surface area contributed by atoms with Gasteiger partial charge in [0.2, 0.25) is 0 Å². The van der Waals surface area contributed by atoms with Crippen molar-refractivity contribution in [1.82, 2.24) is 0 Å². The SMILES string of the molecule is OC(O)c1cc(Cl)c(Cl)cc1CCc1ccc(Br)cc1. The van der Waals surface area contributed by atoms with Crippen LogP contribution in [0.1, 0.15) is 23.0 Å². The molecule has 0 spiro atoms. The Morgan fingerprint density at radius 3 is 2.15 bits per heavy atom. The Morgan fingerprint density at radius 2 is 1.55 bits per heavy atom. The summed E-state index contributed by atoms with van der Waals surface area (Å²) in [5, 5.41) is 19.5. The molecule has 2 aromatic carbocycles. The number of hydrogen-bond donors (Lipinski definition) is 2. The first kappa shape index (κ1) is 15.8. The number of aliphatic hydroxyl groups excluding tert-OH is 1. The van der Waals surface area contributed by atoms with E-state index in [1.165, 1.54) is 6.07 Å². The Balaban J connectivity index is 2.20. The van der Waals surface area contributed by atoms with E-state index in [1.807, 2.05) is 24.3 Å². The summed E-state index contributed by atoms with van der Waals surface area (Å²) in [6.07, 6.45) is -0.110. The van der Waals surface area contributed by atoms with Gasteiger partial charge in [-0.25, -0.2) is 0 Å². The molecule has 2 aromatic rings. The molecule has 0 bridgehead atoms. The topological polar surface area (TPSA) is 40.5 Å². The minimum Gasteiger partial charge on any atom is -0.364 e. The number of aliphatic hydroxyl groups is 2. The fourth-order valence-electron chi connectivity index (χ4n) is 1.99. The number of benzene rings is 2. The molecule has 0 aliphatic heterocycles. The van der Waals surface area contributed by atoms with E-state index in [0.717, 1.165) is 22.0 Å². The third-order valence-corrected chi connectivity index (χ3v) is 4.31. The number of halogens is 3. The second-order valence-corrected chi connectivity index (χ2v) is 6.20. The first-order chi connectivity index (χ1) is 9.47. The molecule has 106 valence electrons. The largest absolute Gasteiger partial charge is 0.364 e. The average molecular weight is 376 g/mol. The zero-order valence-corrected chi connectivity index (χ0v) is 13.6. The second kappa shape index (κ2) is 6.92. The van der Waals surface area contributed by atoms with Crippen LogP contribution in [0.25, 0.3) is 0 Å². The summed E-state index contributed by atoms with van der Waals surface area (Å²) in [4.78, 5) is 0. The van der Waals surface area contributed by atoms with E-state index in [0.29, 0.717) is 22.0 Å². The van der Waals surface area contributed by atoms with Crippen molar-refractivity contribution in [3.63, 3.8) is 0 Å². The van der Waals surface area contributed by atoms with Gasteiger partial charge in [-0.1, -0.05) is 51.3 Å². The highest BCUT2D eigenvalue weighted by Crippen LogP contribution is 2.29. The summed E-state index contributed by atoms with van der Waals surface area (Å²) < 4.78 is 1.03. The molecule has 0 aliphatic rings. The van der Waals surface area contributed by atoms with Crippen molar-refractivity contribution >= 4 is 39.1 Å². The van der Waals surface area contributed by atoms with Crippen molar-refractivity contribution in [3.05, 3.63) is 67.6 Å². The van der Waals surface area contributed by atoms with E-state index in [1.54, 1.807) is 6.07 Å². The van der Waals surface area contributed by atoms with E-state index in [9.17, 15) is 10.2 Å². The van der Waals surface area contributed by atoms with Crippen LogP contribution in [0, 0.1) is 0 Å². The van der Waals surface area contributed by atoms with E-state index in [2.05, 4.69) is 15.9 Å². The van der Waals surface area contributed by atoms with Gasteiger partial charge >= 0.3 is 0 Å². The lowest BCUT2D eigenvalue weighted by Crippen LogP contribution is -2.03. The maximum Gasteiger partial charge on any atom is 0.178 e. The lowest BCUT2D eigenvalue weighted by molar-refractivity contribution is -0.0431. The van der Waals surface area contributed by atoms with Gasteiger partial charge in [0.1, 0.15) is 0 Å². The van der Waals surface area contributed by atoms with Gasteiger partial charge in [0, 0.05) is 10.0 Å². The van der Waals surface area contributed by atoms with Crippen LogP contribution >= 0.6 is 39.1 Å². The first-order valence-electron chi connectivity index (χ1n) is 6.06. The summed E-state index contributed by atoms with van der Waals surface area (Å²) in [6.45, 7) is 0. The van der Waals surface area contributed by atoms with Gasteiger partial charge < -0.3 is 10.2 Å². The van der Waals surface area contributed by atoms with Crippen LogP contribution < -0.4 is 0 Å². The molecule has 0 aromatic heterocycles. The summed E-state index contributed by atoms with van der Waals surface area (Å²) in [5.41, 5.74) is 2.35. The average Bonchev–Trinajstić information content (AvgIpc) is 2.41. The minimum absolute atomic E-state index is 0.321. The molecule has 0 saturated carbocycles. The molecule has 0 amide bonds. The fourth-order valence-corrected chi connectivity index (χ4v) is 2.61. The molecule has 0 heterocycles. The van der Waals surface area contributed by atoms with E-state index in [4.69, 9.17) is 23.2 Å². The molecule has 0 unspecified atom stereocenters. The quantitative estimate of drug-likeness (QED) is 0.771. The maximum absolute atomic E-state index is 9.40. The molecule has 2 rings (SSSR count). The third-order valence-electron chi connectivity index (χ3n) is 3.06. The minimum atomic E-state index is -1.55. The lowest BCUT2D eigenvalue weighted by Gasteiger charge is -2.13. The van der Waals surface area contributed by atoms with Gasteiger partial charge in [-0.3, -0.25) is 0 Å². The normalized spacial score (nSPS) is 11.1. The third kappa shape index (κ3) is 3.96. The Hall–Kier alpha value is -0.580. The fraction of sp³-hybridized carbons (Fsp3) is 0.200. The standard InChI is InChI=1S/C15H13BrCl2O2/c16-11-5-2-9(3-6-11)1-4-10-7-13(17)14(18)8-12(10)15(19)20/h2-3,5-8,15,19-20H,1,4H2. The summed E-state index contributed by atoms with van der Waals surface area (Å²) in [6, 6.07) is 11.2. The molecule has 0 radical (unpaired) electrons. The zero-order chi connectivity index (χ0) is 14.7. The molecular formula is C15H13BrCl2O2. The van der Waals surface area contributed by atoms with Crippen LogP contribution in [0.3, 0.4) is 0 Å². The van der Waals surface area contributed by atoms with Crippen LogP contribution in [-0.2, 0) is 12.8 Å². The molecule has 2 N–H and O–H groups in total. The molecule has 20 heavy (non-hydrogen) atoms. The lowest BCUT2D eigenvalue weighted by atomic mass is 9.99. The van der Waals surface area contributed by atoms with Crippen LogP contribution in [0.5, 0.6) is 0 Å². The highest BCUT2D eigenvalue weighted by molar-refractivity contribution is 9.10. The molecule has 0 fully saturated rings. The van der Waals surface area contributed by atoms with Gasteiger partial charge in [0.05, 0.1) is 10.0 Å². The van der Waals surface area contributed by atoms with Crippen molar-refractivity contribution in [2.45, 2.75) is 19.1 Å². The number of hydrogen-bond acceptors (Lipinski definition) is 2. The summed E-state index contributed by atoms with van der Waals surface area (Å²) in [5.74, 6) is 0. The summed E-state index contributed by atoms with van der Waals surface area (Å²) >= 11 is 15.3. The maximum atomic E-state index is 9.40. The highest BCUT2D eigenvalue weighted by atomic mass is 79.9. The molecular weight excluding hydrogens is 363 g/mol. The smallest absolute Gasteiger partial charge is 0.178 e. The number of rotatable bonds is 4. The van der Waals surface area contributed by atoms with Crippen LogP contribution in [-0.4, -0.2) is 10.2 Å².